The van der Waals surface area contributed by atoms with Crippen molar-refractivity contribution >= 4 is 23.2 Å². The standard InChI is InChI=1S/C18H17F2N3O2/c19-14-7-4-8-15(20)16(14)22-17(24)18(25)23-10-9-13(11-23)21-12-5-2-1-3-6-12/h1-8,13,21H,9-11H2,(H,22,24). The average Bonchev–Trinajstić information content (AvgIpc) is 3.07. The van der Waals surface area contributed by atoms with Gasteiger partial charge in [0.05, 0.1) is 0 Å². The highest BCUT2D eigenvalue weighted by molar-refractivity contribution is 6.39. The molecule has 7 heteroatoms. The van der Waals surface area contributed by atoms with Gasteiger partial charge >= 0.3 is 11.8 Å². The van der Waals surface area contributed by atoms with E-state index >= 15 is 0 Å². The van der Waals surface area contributed by atoms with Crippen LogP contribution in [0.3, 0.4) is 0 Å². The summed E-state index contributed by atoms with van der Waals surface area (Å²) in [5.74, 6) is -3.71. The van der Waals surface area contributed by atoms with Crippen LogP contribution in [0.2, 0.25) is 0 Å². The summed E-state index contributed by atoms with van der Waals surface area (Å²) in [5.41, 5.74) is 0.318. The molecular formula is C18H17F2N3O2. The summed E-state index contributed by atoms with van der Waals surface area (Å²) in [7, 11) is 0. The number of benzene rings is 2. The van der Waals surface area contributed by atoms with Gasteiger partial charge in [-0.25, -0.2) is 8.78 Å². The third-order valence-corrected chi connectivity index (χ3v) is 4.02. The van der Waals surface area contributed by atoms with Crippen molar-refractivity contribution in [2.45, 2.75) is 12.5 Å². The Morgan fingerprint density at radius 3 is 2.36 bits per heavy atom. The highest BCUT2D eigenvalue weighted by Crippen LogP contribution is 2.19. The molecule has 2 aromatic rings. The van der Waals surface area contributed by atoms with Gasteiger partial charge in [-0.05, 0) is 30.7 Å². The van der Waals surface area contributed by atoms with E-state index in [1.807, 2.05) is 35.6 Å². The number of amides is 2. The first kappa shape index (κ1) is 16.9. The van der Waals surface area contributed by atoms with Crippen LogP contribution >= 0.6 is 0 Å². The van der Waals surface area contributed by atoms with E-state index in [-0.39, 0.29) is 6.04 Å². The predicted molar refractivity (Wildman–Crippen MR) is 90.0 cm³/mol. The average molecular weight is 345 g/mol. The SMILES string of the molecule is O=C(Nc1c(F)cccc1F)C(=O)N1CCC(Nc2ccccc2)C1. The first-order chi connectivity index (χ1) is 12.0. The Morgan fingerprint density at radius 1 is 1.00 bits per heavy atom. The van der Waals surface area contributed by atoms with Gasteiger partial charge in [-0.3, -0.25) is 9.59 Å². The van der Waals surface area contributed by atoms with Gasteiger partial charge in [-0.1, -0.05) is 24.3 Å². The third-order valence-electron chi connectivity index (χ3n) is 4.02. The summed E-state index contributed by atoms with van der Waals surface area (Å²) in [4.78, 5) is 25.6. The summed E-state index contributed by atoms with van der Waals surface area (Å²) in [6, 6.07) is 12.8. The number of nitrogens with zero attached hydrogens (tertiary/aromatic N) is 1. The maximum absolute atomic E-state index is 13.6. The number of para-hydroxylation sites is 2. The molecule has 130 valence electrons. The van der Waals surface area contributed by atoms with E-state index in [4.69, 9.17) is 0 Å². The highest BCUT2D eigenvalue weighted by atomic mass is 19.1. The van der Waals surface area contributed by atoms with Crippen LogP contribution in [0, 0.1) is 11.6 Å². The van der Waals surface area contributed by atoms with Crippen molar-refractivity contribution in [1.29, 1.82) is 0 Å². The lowest BCUT2D eigenvalue weighted by molar-refractivity contribution is -0.142. The Kier molecular flexibility index (Phi) is 4.92. The van der Waals surface area contributed by atoms with Gasteiger partial charge in [0.25, 0.3) is 0 Å². The number of halogens is 2. The molecule has 1 heterocycles. The maximum atomic E-state index is 13.6. The molecule has 5 nitrogen and oxygen atoms in total. The van der Waals surface area contributed by atoms with Gasteiger partial charge in [0.15, 0.2) is 0 Å². The number of anilines is 2. The van der Waals surface area contributed by atoms with Crippen LogP contribution in [0.25, 0.3) is 0 Å². The molecule has 2 aromatic carbocycles. The number of rotatable bonds is 3. The minimum absolute atomic E-state index is 0.0179. The molecule has 0 radical (unpaired) electrons. The second-order valence-corrected chi connectivity index (χ2v) is 5.80. The number of hydrogen-bond acceptors (Lipinski definition) is 3. The predicted octanol–water partition coefficient (Wildman–Crippen LogP) is 2.62. The zero-order chi connectivity index (χ0) is 17.8. The summed E-state index contributed by atoms with van der Waals surface area (Å²) in [5, 5.41) is 5.31. The summed E-state index contributed by atoms with van der Waals surface area (Å²) in [6.45, 7) is 0.747. The molecule has 0 spiro atoms. The molecule has 2 amide bonds. The minimum Gasteiger partial charge on any atom is -0.380 e. The lowest BCUT2D eigenvalue weighted by atomic mass is 10.2. The first-order valence-electron chi connectivity index (χ1n) is 7.90. The zero-order valence-corrected chi connectivity index (χ0v) is 13.3. The summed E-state index contributed by atoms with van der Waals surface area (Å²) >= 11 is 0. The second-order valence-electron chi connectivity index (χ2n) is 5.80. The van der Waals surface area contributed by atoms with E-state index in [1.54, 1.807) is 0 Å². The van der Waals surface area contributed by atoms with Crippen LogP contribution in [0.5, 0.6) is 0 Å². The molecule has 2 N–H and O–H groups in total. The van der Waals surface area contributed by atoms with Crippen molar-refractivity contribution in [2.24, 2.45) is 0 Å². The van der Waals surface area contributed by atoms with Crippen LogP contribution < -0.4 is 10.6 Å². The molecule has 1 aliphatic rings. The van der Waals surface area contributed by atoms with Gasteiger partial charge in [0.1, 0.15) is 17.3 Å². The number of carbonyl (C=O) groups excluding carboxylic acids is 2. The third kappa shape index (κ3) is 3.93. The Labute approximate surface area is 143 Å². The topological polar surface area (TPSA) is 61.4 Å². The van der Waals surface area contributed by atoms with Crippen molar-refractivity contribution in [3.63, 3.8) is 0 Å². The number of nitrogens with one attached hydrogen (secondary N) is 2. The van der Waals surface area contributed by atoms with Gasteiger partial charge in [0.2, 0.25) is 0 Å². The quantitative estimate of drug-likeness (QED) is 0.841. The van der Waals surface area contributed by atoms with Crippen molar-refractivity contribution in [3.8, 4) is 0 Å². The van der Waals surface area contributed by atoms with E-state index in [9.17, 15) is 18.4 Å². The Morgan fingerprint density at radius 2 is 1.68 bits per heavy atom. The Bertz CT molecular complexity index is 763. The minimum atomic E-state index is -1.05. The highest BCUT2D eigenvalue weighted by Gasteiger charge is 2.30. The maximum Gasteiger partial charge on any atom is 0.314 e. The molecule has 1 saturated heterocycles. The van der Waals surface area contributed by atoms with E-state index in [0.717, 1.165) is 17.8 Å². The lowest BCUT2D eigenvalue weighted by Crippen LogP contribution is -2.39. The van der Waals surface area contributed by atoms with Gasteiger partial charge in [0, 0.05) is 24.8 Å². The van der Waals surface area contributed by atoms with Crippen LogP contribution in [0.4, 0.5) is 20.2 Å². The Balaban J connectivity index is 1.59. The molecule has 25 heavy (non-hydrogen) atoms. The lowest BCUT2D eigenvalue weighted by Gasteiger charge is -2.17. The van der Waals surface area contributed by atoms with E-state index < -0.39 is 29.1 Å². The molecule has 1 fully saturated rings. The smallest absolute Gasteiger partial charge is 0.314 e. The Hall–Kier alpha value is -2.96. The van der Waals surface area contributed by atoms with Gasteiger partial charge in [-0.2, -0.15) is 0 Å². The summed E-state index contributed by atoms with van der Waals surface area (Å²) in [6.07, 6.45) is 0.683. The normalized spacial score (nSPS) is 16.6. The largest absolute Gasteiger partial charge is 0.380 e. The molecule has 0 aromatic heterocycles. The zero-order valence-electron chi connectivity index (χ0n) is 13.3. The fourth-order valence-electron chi connectivity index (χ4n) is 2.76. The van der Waals surface area contributed by atoms with Crippen molar-refractivity contribution < 1.29 is 18.4 Å². The molecular weight excluding hydrogens is 328 g/mol. The number of carbonyl (C=O) groups is 2. The van der Waals surface area contributed by atoms with E-state index in [2.05, 4.69) is 5.32 Å². The molecule has 0 saturated carbocycles. The molecule has 3 rings (SSSR count). The second kappa shape index (κ2) is 7.29. The van der Waals surface area contributed by atoms with Crippen molar-refractivity contribution in [3.05, 3.63) is 60.2 Å². The summed E-state index contributed by atoms with van der Waals surface area (Å²) < 4.78 is 27.1. The fourth-order valence-corrected chi connectivity index (χ4v) is 2.76. The van der Waals surface area contributed by atoms with E-state index in [0.29, 0.717) is 19.5 Å². The monoisotopic (exact) mass is 345 g/mol. The number of hydrogen-bond donors (Lipinski definition) is 2. The van der Waals surface area contributed by atoms with Crippen molar-refractivity contribution in [1.82, 2.24) is 4.90 Å². The van der Waals surface area contributed by atoms with Gasteiger partial charge in [-0.15, -0.1) is 0 Å². The molecule has 1 atom stereocenters. The fraction of sp³-hybridized carbons (Fsp3) is 0.222. The van der Waals surface area contributed by atoms with Crippen molar-refractivity contribution in [2.75, 3.05) is 23.7 Å². The molecule has 1 aliphatic heterocycles. The van der Waals surface area contributed by atoms with Crippen LogP contribution in [-0.2, 0) is 9.59 Å². The van der Waals surface area contributed by atoms with Crippen LogP contribution in [0.15, 0.2) is 48.5 Å². The molecule has 1 unspecified atom stereocenters. The van der Waals surface area contributed by atoms with Crippen LogP contribution in [-0.4, -0.2) is 35.8 Å². The molecule has 0 aliphatic carbocycles. The van der Waals surface area contributed by atoms with Gasteiger partial charge < -0.3 is 15.5 Å². The van der Waals surface area contributed by atoms with Crippen LogP contribution in [0.1, 0.15) is 6.42 Å². The molecule has 0 bridgehead atoms. The first-order valence-corrected chi connectivity index (χ1v) is 7.90. The van der Waals surface area contributed by atoms with E-state index in [1.165, 1.54) is 11.0 Å². The number of likely N-dealkylation sites (tertiary alicyclic amines) is 1.